The summed E-state index contributed by atoms with van der Waals surface area (Å²) in [5, 5.41) is 0. The zero-order chi connectivity index (χ0) is 11.5. The van der Waals surface area contributed by atoms with E-state index in [2.05, 4.69) is 15.0 Å². The van der Waals surface area contributed by atoms with Crippen LogP contribution in [0.4, 0.5) is 5.82 Å². The fourth-order valence-electron chi connectivity index (χ4n) is 1.16. The summed E-state index contributed by atoms with van der Waals surface area (Å²) >= 11 is 1.95. The van der Waals surface area contributed by atoms with Crippen molar-refractivity contribution in [2.45, 2.75) is 6.54 Å². The number of hydrogen-bond acceptors (Lipinski definition) is 5. The minimum absolute atomic E-state index is 0.0887. The van der Waals surface area contributed by atoms with Crippen LogP contribution in [0.3, 0.4) is 0 Å². The number of nitrogens with two attached hydrogens (primary N) is 1. The molecule has 2 heterocycles. The van der Waals surface area contributed by atoms with Gasteiger partial charge in [-0.25, -0.2) is 9.97 Å². The highest BCUT2D eigenvalue weighted by atomic mass is 127. The predicted octanol–water partition coefficient (Wildman–Crippen LogP) is 0.268. The van der Waals surface area contributed by atoms with Crippen molar-refractivity contribution >= 4 is 28.4 Å². The molecule has 0 saturated heterocycles. The zero-order valence-electron chi connectivity index (χ0n) is 8.17. The van der Waals surface area contributed by atoms with Crippen molar-refractivity contribution in [1.82, 2.24) is 19.5 Å². The van der Waals surface area contributed by atoms with E-state index in [0.717, 1.165) is 0 Å². The molecule has 0 bridgehead atoms. The molecule has 7 heteroatoms. The summed E-state index contributed by atoms with van der Waals surface area (Å²) in [6, 6.07) is 0. The Labute approximate surface area is 105 Å². The number of rotatable bonds is 2. The number of aromatic nitrogens is 4. The summed E-state index contributed by atoms with van der Waals surface area (Å²) in [6.07, 6.45) is 6.00. The summed E-state index contributed by atoms with van der Waals surface area (Å²) in [6.45, 7) is 0.343. The molecule has 0 atom stereocenters. The number of nitrogens with zero attached hydrogens (tertiary/aromatic N) is 4. The summed E-state index contributed by atoms with van der Waals surface area (Å²) < 4.78 is 2.05. The van der Waals surface area contributed by atoms with Crippen LogP contribution in [-0.2, 0) is 6.54 Å². The lowest BCUT2D eigenvalue weighted by atomic mass is 10.4. The van der Waals surface area contributed by atoms with Gasteiger partial charge in [0.25, 0.3) is 5.56 Å². The maximum Gasteiger partial charge on any atom is 0.267 e. The van der Waals surface area contributed by atoms with E-state index >= 15 is 0 Å². The van der Waals surface area contributed by atoms with Crippen molar-refractivity contribution in [2.24, 2.45) is 0 Å². The van der Waals surface area contributed by atoms with Gasteiger partial charge in [-0.1, -0.05) is 0 Å². The normalized spacial score (nSPS) is 10.3. The number of nitrogen functional groups attached to an aromatic ring is 1. The van der Waals surface area contributed by atoms with Gasteiger partial charge in [0, 0.05) is 6.20 Å². The highest BCUT2D eigenvalue weighted by molar-refractivity contribution is 14.1. The van der Waals surface area contributed by atoms with Crippen molar-refractivity contribution in [3.63, 3.8) is 0 Å². The van der Waals surface area contributed by atoms with Crippen LogP contribution in [0.15, 0.2) is 29.7 Å². The number of halogens is 1. The standard InChI is InChI=1S/C9H8IN5O/c10-7-2-12-5-15(9(7)16)4-6-1-14-8(11)3-13-6/h1-3,5H,4H2,(H2,11,14). The first-order chi connectivity index (χ1) is 7.66. The monoisotopic (exact) mass is 329 g/mol. The van der Waals surface area contributed by atoms with Crippen molar-refractivity contribution < 1.29 is 0 Å². The Morgan fingerprint density at radius 1 is 1.31 bits per heavy atom. The van der Waals surface area contributed by atoms with Gasteiger partial charge in [-0.3, -0.25) is 14.3 Å². The molecule has 2 rings (SSSR count). The molecule has 0 saturated carbocycles. The Morgan fingerprint density at radius 3 is 2.81 bits per heavy atom. The van der Waals surface area contributed by atoms with Gasteiger partial charge >= 0.3 is 0 Å². The minimum atomic E-state index is -0.0887. The molecular weight excluding hydrogens is 321 g/mol. The van der Waals surface area contributed by atoms with Crippen molar-refractivity contribution in [2.75, 3.05) is 5.73 Å². The van der Waals surface area contributed by atoms with Gasteiger partial charge in [0.2, 0.25) is 0 Å². The van der Waals surface area contributed by atoms with Crippen LogP contribution < -0.4 is 11.3 Å². The molecule has 0 fully saturated rings. The third-order valence-corrected chi connectivity index (χ3v) is 2.66. The topological polar surface area (TPSA) is 86.7 Å². The van der Waals surface area contributed by atoms with E-state index in [1.54, 1.807) is 6.20 Å². The van der Waals surface area contributed by atoms with E-state index in [1.165, 1.54) is 23.3 Å². The molecule has 82 valence electrons. The molecule has 0 amide bonds. The molecule has 0 aliphatic carbocycles. The molecule has 6 nitrogen and oxygen atoms in total. The zero-order valence-corrected chi connectivity index (χ0v) is 10.3. The van der Waals surface area contributed by atoms with Crippen molar-refractivity contribution in [3.05, 3.63) is 44.5 Å². The fourth-order valence-corrected chi connectivity index (χ4v) is 1.63. The summed E-state index contributed by atoms with van der Waals surface area (Å²) in [7, 11) is 0. The molecule has 2 aromatic heterocycles. The van der Waals surface area contributed by atoms with Crippen LogP contribution in [0.5, 0.6) is 0 Å². The third kappa shape index (κ3) is 2.35. The van der Waals surface area contributed by atoms with Crippen LogP contribution in [0.1, 0.15) is 5.69 Å². The van der Waals surface area contributed by atoms with Crippen molar-refractivity contribution in [1.29, 1.82) is 0 Å². The second kappa shape index (κ2) is 4.56. The lowest BCUT2D eigenvalue weighted by Gasteiger charge is -2.04. The van der Waals surface area contributed by atoms with Crippen LogP contribution in [0.25, 0.3) is 0 Å². The van der Waals surface area contributed by atoms with Gasteiger partial charge in [0.05, 0.1) is 34.5 Å². The Kier molecular flexibility index (Phi) is 3.13. The van der Waals surface area contributed by atoms with E-state index in [1.807, 2.05) is 22.6 Å². The Hall–Kier alpha value is -1.51. The van der Waals surface area contributed by atoms with E-state index in [-0.39, 0.29) is 5.56 Å². The Balaban J connectivity index is 2.31. The van der Waals surface area contributed by atoms with E-state index < -0.39 is 0 Å². The molecular formula is C9H8IN5O. The predicted molar refractivity (Wildman–Crippen MR) is 66.8 cm³/mol. The quantitative estimate of drug-likeness (QED) is 0.799. The minimum Gasteiger partial charge on any atom is -0.382 e. The molecule has 2 N–H and O–H groups in total. The van der Waals surface area contributed by atoms with E-state index in [9.17, 15) is 4.79 Å². The van der Waals surface area contributed by atoms with Crippen LogP contribution in [0, 0.1) is 3.57 Å². The summed E-state index contributed by atoms with van der Waals surface area (Å²) in [5.74, 6) is 0.358. The maximum absolute atomic E-state index is 11.7. The van der Waals surface area contributed by atoms with Gasteiger partial charge in [0.1, 0.15) is 5.82 Å². The molecule has 0 aliphatic rings. The smallest absolute Gasteiger partial charge is 0.267 e. The first kappa shape index (κ1) is 11.0. The number of anilines is 1. The van der Waals surface area contributed by atoms with Gasteiger partial charge in [-0.2, -0.15) is 0 Å². The third-order valence-electron chi connectivity index (χ3n) is 1.92. The second-order valence-corrected chi connectivity index (χ2v) is 4.27. The molecule has 0 spiro atoms. The van der Waals surface area contributed by atoms with Crippen LogP contribution >= 0.6 is 22.6 Å². The van der Waals surface area contributed by atoms with Gasteiger partial charge < -0.3 is 5.73 Å². The lowest BCUT2D eigenvalue weighted by Crippen LogP contribution is -2.23. The maximum atomic E-state index is 11.7. The van der Waals surface area contributed by atoms with Crippen LogP contribution in [0.2, 0.25) is 0 Å². The molecule has 16 heavy (non-hydrogen) atoms. The molecule has 0 unspecified atom stereocenters. The second-order valence-electron chi connectivity index (χ2n) is 3.11. The highest BCUT2D eigenvalue weighted by Gasteiger charge is 2.02. The largest absolute Gasteiger partial charge is 0.382 e. The highest BCUT2D eigenvalue weighted by Crippen LogP contribution is 1.99. The molecule has 0 radical (unpaired) electrons. The van der Waals surface area contributed by atoms with Gasteiger partial charge in [-0.05, 0) is 22.6 Å². The molecule has 0 aromatic carbocycles. The summed E-state index contributed by atoms with van der Waals surface area (Å²) in [5.41, 5.74) is 6.00. The Morgan fingerprint density at radius 2 is 2.12 bits per heavy atom. The van der Waals surface area contributed by atoms with Gasteiger partial charge in [-0.15, -0.1) is 0 Å². The lowest BCUT2D eigenvalue weighted by molar-refractivity contribution is 0.710. The van der Waals surface area contributed by atoms with E-state index in [4.69, 9.17) is 5.73 Å². The van der Waals surface area contributed by atoms with Crippen LogP contribution in [-0.4, -0.2) is 19.5 Å². The first-order valence-corrected chi connectivity index (χ1v) is 5.51. The summed E-state index contributed by atoms with van der Waals surface area (Å²) in [4.78, 5) is 23.6. The fraction of sp³-hybridized carbons (Fsp3) is 0.111. The SMILES string of the molecule is Nc1cnc(Cn2cncc(I)c2=O)cn1. The number of hydrogen-bond donors (Lipinski definition) is 1. The molecule has 0 aliphatic heterocycles. The Bertz CT molecular complexity index is 551. The van der Waals surface area contributed by atoms with Crippen molar-refractivity contribution in [3.8, 4) is 0 Å². The first-order valence-electron chi connectivity index (χ1n) is 4.43. The van der Waals surface area contributed by atoms with E-state index in [0.29, 0.717) is 21.6 Å². The average Bonchev–Trinajstić information content (AvgIpc) is 2.28. The van der Waals surface area contributed by atoms with Gasteiger partial charge in [0.15, 0.2) is 0 Å². The molecule has 2 aromatic rings. The average molecular weight is 329 g/mol.